The summed E-state index contributed by atoms with van der Waals surface area (Å²) in [5.41, 5.74) is 3.18. The lowest BCUT2D eigenvalue weighted by molar-refractivity contribution is 0.0897. The molecule has 1 aromatic rings. The molecule has 0 aromatic heterocycles. The van der Waals surface area contributed by atoms with Crippen LogP contribution in [0.2, 0.25) is 0 Å². The summed E-state index contributed by atoms with van der Waals surface area (Å²) in [6, 6.07) is 6.47. The second-order valence-corrected chi connectivity index (χ2v) is 6.27. The van der Waals surface area contributed by atoms with Crippen LogP contribution >= 0.6 is 0 Å². The van der Waals surface area contributed by atoms with Gasteiger partial charge in [-0.15, -0.1) is 0 Å². The number of rotatable bonds is 2. The molecule has 0 bridgehead atoms. The fourth-order valence-electron chi connectivity index (χ4n) is 4.20. The van der Waals surface area contributed by atoms with Crippen molar-refractivity contribution in [2.45, 2.75) is 43.7 Å². The third-order valence-corrected chi connectivity index (χ3v) is 5.22. The van der Waals surface area contributed by atoms with Crippen molar-refractivity contribution >= 4 is 11.6 Å². The number of hydrogen-bond acceptors (Lipinski definition) is 3. The number of anilines is 1. The molecule has 2 unspecified atom stereocenters. The number of carbonyl (C=O) groups is 1. The second-order valence-electron chi connectivity index (χ2n) is 6.27. The van der Waals surface area contributed by atoms with Crippen molar-refractivity contribution in [3.05, 3.63) is 29.3 Å². The van der Waals surface area contributed by atoms with Gasteiger partial charge in [0.2, 0.25) is 0 Å². The van der Waals surface area contributed by atoms with Gasteiger partial charge in [0, 0.05) is 23.8 Å². The van der Waals surface area contributed by atoms with Gasteiger partial charge in [0.1, 0.15) is 0 Å². The summed E-state index contributed by atoms with van der Waals surface area (Å²) in [5, 5.41) is 10.3. The SMILES string of the molecule is O=C(NC12CCCC1NCC2)c1cccc2c1CCN2. The van der Waals surface area contributed by atoms with Gasteiger partial charge in [-0.05, 0) is 56.3 Å². The normalized spacial score (nSPS) is 30.7. The first kappa shape index (κ1) is 12.2. The van der Waals surface area contributed by atoms with Crippen LogP contribution in [0.3, 0.4) is 0 Å². The molecule has 1 saturated carbocycles. The van der Waals surface area contributed by atoms with Gasteiger partial charge in [0.25, 0.3) is 5.91 Å². The number of fused-ring (bicyclic) bond motifs is 2. The van der Waals surface area contributed by atoms with Gasteiger partial charge in [0.05, 0.1) is 5.54 Å². The van der Waals surface area contributed by atoms with Crippen LogP contribution in [0.4, 0.5) is 5.69 Å². The molecule has 0 spiro atoms. The average Bonchev–Trinajstić information content (AvgIpc) is 3.10. The molecule has 0 radical (unpaired) electrons. The fraction of sp³-hybridized carbons (Fsp3) is 0.562. The first-order valence-corrected chi connectivity index (χ1v) is 7.70. The Hall–Kier alpha value is -1.55. The third-order valence-electron chi connectivity index (χ3n) is 5.22. The van der Waals surface area contributed by atoms with Crippen LogP contribution in [0.25, 0.3) is 0 Å². The molecule has 4 heteroatoms. The highest BCUT2D eigenvalue weighted by molar-refractivity contribution is 5.98. The maximum Gasteiger partial charge on any atom is 0.252 e. The third kappa shape index (κ3) is 1.74. The molecule has 4 nitrogen and oxygen atoms in total. The molecule has 20 heavy (non-hydrogen) atoms. The predicted molar refractivity (Wildman–Crippen MR) is 79.1 cm³/mol. The molecule has 1 aromatic carbocycles. The lowest BCUT2D eigenvalue weighted by Gasteiger charge is -2.30. The van der Waals surface area contributed by atoms with E-state index in [1.807, 2.05) is 12.1 Å². The van der Waals surface area contributed by atoms with Gasteiger partial charge in [-0.3, -0.25) is 4.79 Å². The monoisotopic (exact) mass is 271 g/mol. The summed E-state index contributed by atoms with van der Waals surface area (Å²) >= 11 is 0. The topological polar surface area (TPSA) is 53.2 Å². The van der Waals surface area contributed by atoms with E-state index in [-0.39, 0.29) is 11.4 Å². The van der Waals surface area contributed by atoms with Gasteiger partial charge >= 0.3 is 0 Å². The van der Waals surface area contributed by atoms with Crippen molar-refractivity contribution in [2.75, 3.05) is 18.4 Å². The number of carbonyl (C=O) groups excluding carboxylic acids is 1. The second kappa shape index (κ2) is 4.48. The minimum absolute atomic E-state index is 0.00579. The Bertz CT molecular complexity index is 545. The van der Waals surface area contributed by atoms with Crippen LogP contribution < -0.4 is 16.0 Å². The Morgan fingerprint density at radius 1 is 1.30 bits per heavy atom. The largest absolute Gasteiger partial charge is 0.384 e. The Morgan fingerprint density at radius 3 is 3.20 bits per heavy atom. The van der Waals surface area contributed by atoms with E-state index in [0.29, 0.717) is 6.04 Å². The summed E-state index contributed by atoms with van der Waals surface area (Å²) in [6.07, 6.45) is 5.54. The summed E-state index contributed by atoms with van der Waals surface area (Å²) in [4.78, 5) is 12.7. The highest BCUT2D eigenvalue weighted by Gasteiger charge is 2.47. The number of nitrogens with one attached hydrogen (secondary N) is 3. The van der Waals surface area contributed by atoms with Crippen LogP contribution in [0.15, 0.2) is 18.2 Å². The highest BCUT2D eigenvalue weighted by Crippen LogP contribution is 2.37. The van der Waals surface area contributed by atoms with E-state index < -0.39 is 0 Å². The van der Waals surface area contributed by atoms with Crippen LogP contribution in [0.1, 0.15) is 41.6 Å². The summed E-state index contributed by atoms with van der Waals surface area (Å²) in [5.74, 6) is 0.112. The van der Waals surface area contributed by atoms with Gasteiger partial charge in [-0.2, -0.15) is 0 Å². The summed E-state index contributed by atoms with van der Waals surface area (Å²) in [6.45, 7) is 1.97. The van der Waals surface area contributed by atoms with Crippen molar-refractivity contribution in [3.63, 3.8) is 0 Å². The van der Waals surface area contributed by atoms with Crippen molar-refractivity contribution in [1.82, 2.24) is 10.6 Å². The van der Waals surface area contributed by atoms with E-state index in [9.17, 15) is 4.79 Å². The van der Waals surface area contributed by atoms with Gasteiger partial charge in [-0.25, -0.2) is 0 Å². The van der Waals surface area contributed by atoms with Gasteiger partial charge in [-0.1, -0.05) is 6.07 Å². The molecule has 3 aliphatic rings. The number of benzene rings is 1. The zero-order valence-electron chi connectivity index (χ0n) is 11.7. The van der Waals surface area contributed by atoms with Gasteiger partial charge < -0.3 is 16.0 Å². The molecule has 1 aliphatic carbocycles. The van der Waals surface area contributed by atoms with E-state index in [1.165, 1.54) is 18.4 Å². The van der Waals surface area contributed by atoms with Crippen LogP contribution in [0, 0.1) is 0 Å². The molecule has 2 heterocycles. The number of hydrogen-bond donors (Lipinski definition) is 3. The van der Waals surface area contributed by atoms with Crippen molar-refractivity contribution in [2.24, 2.45) is 0 Å². The maximum absolute atomic E-state index is 12.7. The number of amides is 1. The maximum atomic E-state index is 12.7. The first-order valence-electron chi connectivity index (χ1n) is 7.70. The molecular formula is C16H21N3O. The Labute approximate surface area is 119 Å². The van der Waals surface area contributed by atoms with E-state index in [2.05, 4.69) is 22.0 Å². The minimum atomic E-state index is 0.00579. The molecular weight excluding hydrogens is 250 g/mol. The molecule has 1 saturated heterocycles. The lowest BCUT2D eigenvalue weighted by atomic mass is 9.92. The Morgan fingerprint density at radius 2 is 2.25 bits per heavy atom. The van der Waals surface area contributed by atoms with Crippen molar-refractivity contribution < 1.29 is 4.79 Å². The molecule has 106 valence electrons. The molecule has 2 atom stereocenters. The van der Waals surface area contributed by atoms with E-state index in [0.717, 1.165) is 43.6 Å². The smallest absolute Gasteiger partial charge is 0.252 e. The van der Waals surface area contributed by atoms with E-state index in [4.69, 9.17) is 0 Å². The van der Waals surface area contributed by atoms with Crippen LogP contribution in [0.5, 0.6) is 0 Å². The zero-order valence-corrected chi connectivity index (χ0v) is 11.7. The standard InChI is InChI=1S/C16H21N3O/c20-15(12-3-1-4-13-11(12)6-9-17-13)19-16-7-2-5-14(16)18-10-8-16/h1,3-4,14,17-18H,2,5-10H2,(H,19,20). The van der Waals surface area contributed by atoms with Crippen molar-refractivity contribution in [3.8, 4) is 0 Å². The van der Waals surface area contributed by atoms with Gasteiger partial charge in [0.15, 0.2) is 0 Å². The molecule has 2 aliphatic heterocycles. The molecule has 2 fully saturated rings. The first-order chi connectivity index (χ1) is 9.78. The predicted octanol–water partition coefficient (Wildman–Crippen LogP) is 1.67. The van der Waals surface area contributed by atoms with Crippen molar-refractivity contribution in [1.29, 1.82) is 0 Å². The summed E-state index contributed by atoms with van der Waals surface area (Å²) < 4.78 is 0. The Kier molecular flexibility index (Phi) is 2.74. The molecule has 4 rings (SSSR count). The minimum Gasteiger partial charge on any atom is -0.384 e. The van der Waals surface area contributed by atoms with E-state index >= 15 is 0 Å². The lowest BCUT2D eigenvalue weighted by Crippen LogP contribution is -2.52. The average molecular weight is 271 g/mol. The zero-order chi connectivity index (χ0) is 13.6. The Balaban J connectivity index is 1.61. The highest BCUT2D eigenvalue weighted by atomic mass is 16.1. The quantitative estimate of drug-likeness (QED) is 0.767. The summed E-state index contributed by atoms with van der Waals surface area (Å²) in [7, 11) is 0. The van der Waals surface area contributed by atoms with Crippen LogP contribution in [-0.2, 0) is 6.42 Å². The molecule has 1 amide bonds. The fourth-order valence-corrected chi connectivity index (χ4v) is 4.20. The molecule has 3 N–H and O–H groups in total. The van der Waals surface area contributed by atoms with Crippen LogP contribution in [-0.4, -0.2) is 30.6 Å². The van der Waals surface area contributed by atoms with E-state index in [1.54, 1.807) is 0 Å².